The third-order valence-electron chi connectivity index (χ3n) is 5.00. The van der Waals surface area contributed by atoms with Crippen LogP contribution in [0.25, 0.3) is 5.65 Å². The van der Waals surface area contributed by atoms with Gasteiger partial charge in [-0.3, -0.25) is 9.59 Å². The summed E-state index contributed by atoms with van der Waals surface area (Å²) in [6.45, 7) is 2.59. The van der Waals surface area contributed by atoms with Crippen molar-refractivity contribution in [3.8, 4) is 0 Å². The molecule has 1 unspecified atom stereocenters. The van der Waals surface area contributed by atoms with Crippen molar-refractivity contribution >= 4 is 17.5 Å². The highest BCUT2D eigenvalue weighted by Gasteiger charge is 2.35. The molecule has 0 aliphatic heterocycles. The van der Waals surface area contributed by atoms with Crippen molar-refractivity contribution in [2.24, 2.45) is 5.92 Å². The lowest BCUT2D eigenvalue weighted by atomic mass is 10.1. The van der Waals surface area contributed by atoms with Gasteiger partial charge in [0.25, 0.3) is 0 Å². The van der Waals surface area contributed by atoms with Gasteiger partial charge in [-0.2, -0.15) is 5.10 Å². The number of unbranched alkanes of at least 4 members (excludes halogenated alkanes) is 1. The van der Waals surface area contributed by atoms with Crippen LogP contribution in [0.5, 0.6) is 0 Å². The Morgan fingerprint density at radius 2 is 2.23 bits per heavy atom. The van der Waals surface area contributed by atoms with E-state index < -0.39 is 0 Å². The summed E-state index contributed by atoms with van der Waals surface area (Å²) < 4.78 is 1.68. The fourth-order valence-electron chi connectivity index (χ4n) is 3.23. The van der Waals surface area contributed by atoms with Crippen LogP contribution in [0, 0.1) is 5.92 Å². The highest BCUT2D eigenvalue weighted by atomic mass is 16.2. The van der Waals surface area contributed by atoms with Crippen LogP contribution in [0.2, 0.25) is 0 Å². The van der Waals surface area contributed by atoms with Crippen LogP contribution in [-0.2, 0) is 16.0 Å². The first-order chi connectivity index (χ1) is 12.6. The first-order valence-electron chi connectivity index (χ1n) is 9.40. The zero-order valence-corrected chi connectivity index (χ0v) is 15.5. The zero-order chi connectivity index (χ0) is 18.5. The van der Waals surface area contributed by atoms with E-state index in [1.54, 1.807) is 16.9 Å². The lowest BCUT2D eigenvalue weighted by molar-refractivity contribution is -0.133. The number of carbonyl (C=O) groups excluding carboxylic acids is 2. The fourth-order valence-corrected chi connectivity index (χ4v) is 3.23. The first-order valence-corrected chi connectivity index (χ1v) is 9.40. The minimum atomic E-state index is -0.0717. The standard InChI is InChI=1S/C19H27N5O2/c1-3-4-7-19(26)23(2)16(14-8-9-14)13-21-18(25)11-15-12-20-17-6-5-10-22-24(15)17/h5-6,10,12,14,16H,3-4,7-9,11,13H2,1-2H3,(H,21,25). The van der Waals surface area contributed by atoms with Crippen LogP contribution in [0.15, 0.2) is 24.5 Å². The Bertz CT molecular complexity index is 768. The van der Waals surface area contributed by atoms with E-state index in [9.17, 15) is 9.59 Å². The summed E-state index contributed by atoms with van der Waals surface area (Å²) in [7, 11) is 1.86. The number of nitrogens with one attached hydrogen (secondary N) is 1. The van der Waals surface area contributed by atoms with Crippen molar-refractivity contribution in [2.45, 2.75) is 51.5 Å². The number of imidazole rings is 1. The van der Waals surface area contributed by atoms with Crippen LogP contribution in [0.1, 0.15) is 44.7 Å². The molecule has 1 atom stereocenters. The summed E-state index contributed by atoms with van der Waals surface area (Å²) >= 11 is 0. The molecule has 2 aromatic heterocycles. The Morgan fingerprint density at radius 3 is 2.96 bits per heavy atom. The quantitative estimate of drug-likeness (QED) is 0.742. The molecule has 1 N–H and O–H groups in total. The van der Waals surface area contributed by atoms with Gasteiger partial charge in [-0.1, -0.05) is 13.3 Å². The molecule has 1 saturated carbocycles. The summed E-state index contributed by atoms with van der Waals surface area (Å²) in [6, 6.07) is 3.76. The summed E-state index contributed by atoms with van der Waals surface area (Å²) in [5.41, 5.74) is 1.49. The van der Waals surface area contributed by atoms with E-state index >= 15 is 0 Å². The normalized spacial score (nSPS) is 15.0. The molecule has 2 aromatic rings. The number of fused-ring (bicyclic) bond motifs is 1. The lowest BCUT2D eigenvalue weighted by Crippen LogP contribution is -2.46. The minimum Gasteiger partial charge on any atom is -0.354 e. The second kappa shape index (κ2) is 8.29. The average Bonchev–Trinajstić information content (AvgIpc) is 3.41. The zero-order valence-electron chi connectivity index (χ0n) is 15.5. The molecule has 7 nitrogen and oxygen atoms in total. The van der Waals surface area contributed by atoms with E-state index in [2.05, 4.69) is 22.3 Å². The summed E-state index contributed by atoms with van der Waals surface area (Å²) in [5, 5.41) is 7.23. The molecule has 3 rings (SSSR count). The highest BCUT2D eigenvalue weighted by Crippen LogP contribution is 2.35. The van der Waals surface area contributed by atoms with Crippen LogP contribution >= 0.6 is 0 Å². The van der Waals surface area contributed by atoms with Gasteiger partial charge in [0.1, 0.15) is 0 Å². The van der Waals surface area contributed by atoms with Crippen molar-refractivity contribution in [3.05, 3.63) is 30.2 Å². The topological polar surface area (TPSA) is 79.6 Å². The fraction of sp³-hybridized carbons (Fsp3) is 0.579. The Balaban J connectivity index is 1.55. The number of hydrogen-bond acceptors (Lipinski definition) is 4. The van der Waals surface area contributed by atoms with Gasteiger partial charge in [-0.05, 0) is 37.3 Å². The number of aromatic nitrogens is 3. The van der Waals surface area contributed by atoms with Crippen LogP contribution in [0.4, 0.5) is 0 Å². The maximum Gasteiger partial charge on any atom is 0.226 e. The SMILES string of the molecule is CCCCC(=O)N(C)C(CNC(=O)Cc1cnc2cccnn12)C1CC1. The Kier molecular flexibility index (Phi) is 5.85. The Labute approximate surface area is 153 Å². The predicted octanol–water partition coefficient (Wildman–Crippen LogP) is 1.82. The van der Waals surface area contributed by atoms with E-state index in [1.807, 2.05) is 24.1 Å². The van der Waals surface area contributed by atoms with Crippen molar-refractivity contribution in [2.75, 3.05) is 13.6 Å². The minimum absolute atomic E-state index is 0.0717. The molecule has 2 amide bonds. The third-order valence-corrected chi connectivity index (χ3v) is 5.00. The second-order valence-corrected chi connectivity index (χ2v) is 7.04. The van der Waals surface area contributed by atoms with Gasteiger partial charge in [-0.25, -0.2) is 9.50 Å². The monoisotopic (exact) mass is 357 g/mol. The highest BCUT2D eigenvalue weighted by molar-refractivity contribution is 5.79. The molecule has 0 bridgehead atoms. The van der Waals surface area contributed by atoms with Crippen molar-refractivity contribution in [1.29, 1.82) is 0 Å². The van der Waals surface area contributed by atoms with Crippen molar-refractivity contribution in [1.82, 2.24) is 24.8 Å². The van der Waals surface area contributed by atoms with E-state index in [4.69, 9.17) is 0 Å². The van der Waals surface area contributed by atoms with Gasteiger partial charge in [0.2, 0.25) is 11.8 Å². The molecular formula is C19H27N5O2. The van der Waals surface area contributed by atoms with E-state index in [-0.39, 0.29) is 24.3 Å². The Morgan fingerprint density at radius 1 is 1.42 bits per heavy atom. The molecule has 1 fully saturated rings. The first kappa shape index (κ1) is 18.4. The maximum absolute atomic E-state index is 12.4. The number of hydrogen-bond donors (Lipinski definition) is 1. The van der Waals surface area contributed by atoms with E-state index in [1.165, 1.54) is 0 Å². The second-order valence-electron chi connectivity index (χ2n) is 7.04. The molecule has 140 valence electrons. The molecule has 1 aliphatic carbocycles. The van der Waals surface area contributed by atoms with E-state index in [0.29, 0.717) is 18.9 Å². The number of rotatable bonds is 9. The van der Waals surface area contributed by atoms with Gasteiger partial charge in [0.05, 0.1) is 24.4 Å². The average molecular weight is 357 g/mol. The van der Waals surface area contributed by atoms with Gasteiger partial charge in [0, 0.05) is 26.2 Å². The molecule has 26 heavy (non-hydrogen) atoms. The number of amides is 2. The molecular weight excluding hydrogens is 330 g/mol. The molecule has 2 heterocycles. The smallest absolute Gasteiger partial charge is 0.226 e. The third kappa shape index (κ3) is 4.39. The molecule has 1 aliphatic rings. The molecule has 0 aromatic carbocycles. The van der Waals surface area contributed by atoms with Gasteiger partial charge in [-0.15, -0.1) is 0 Å². The van der Waals surface area contributed by atoms with E-state index in [0.717, 1.165) is 37.0 Å². The van der Waals surface area contributed by atoms with Crippen LogP contribution in [-0.4, -0.2) is 50.9 Å². The van der Waals surface area contributed by atoms with Gasteiger partial charge >= 0.3 is 0 Å². The van der Waals surface area contributed by atoms with Crippen LogP contribution in [0.3, 0.4) is 0 Å². The van der Waals surface area contributed by atoms with Gasteiger partial charge in [0.15, 0.2) is 5.65 Å². The molecule has 7 heteroatoms. The Hall–Kier alpha value is -2.44. The van der Waals surface area contributed by atoms with Crippen molar-refractivity contribution < 1.29 is 9.59 Å². The van der Waals surface area contributed by atoms with Gasteiger partial charge < -0.3 is 10.2 Å². The number of nitrogens with zero attached hydrogens (tertiary/aromatic N) is 4. The summed E-state index contributed by atoms with van der Waals surface area (Å²) in [6.07, 6.45) is 8.34. The van der Waals surface area contributed by atoms with Crippen molar-refractivity contribution in [3.63, 3.8) is 0 Å². The molecule has 0 saturated heterocycles. The maximum atomic E-state index is 12.4. The lowest BCUT2D eigenvalue weighted by Gasteiger charge is -2.28. The predicted molar refractivity (Wildman–Crippen MR) is 98.5 cm³/mol. The summed E-state index contributed by atoms with van der Waals surface area (Å²) in [5.74, 6) is 0.602. The number of likely N-dealkylation sites (N-methyl/N-ethyl adjacent to an activating group) is 1. The molecule has 0 radical (unpaired) electrons. The summed E-state index contributed by atoms with van der Waals surface area (Å²) in [4.78, 5) is 30.8. The number of carbonyl (C=O) groups is 2. The molecule has 0 spiro atoms. The largest absolute Gasteiger partial charge is 0.354 e. The van der Waals surface area contributed by atoms with Crippen LogP contribution < -0.4 is 5.32 Å².